The van der Waals surface area contributed by atoms with Crippen molar-refractivity contribution in [2.45, 2.75) is 24.2 Å². The van der Waals surface area contributed by atoms with E-state index in [4.69, 9.17) is 4.74 Å². The molecule has 0 aromatic heterocycles. The third-order valence-electron chi connectivity index (χ3n) is 4.08. The summed E-state index contributed by atoms with van der Waals surface area (Å²) in [7, 11) is -3.47. The van der Waals surface area contributed by atoms with E-state index in [1.807, 2.05) is 0 Å². The summed E-state index contributed by atoms with van der Waals surface area (Å²) in [5.41, 5.74) is 0.769. The van der Waals surface area contributed by atoms with Gasteiger partial charge in [0.25, 0.3) is 0 Å². The van der Waals surface area contributed by atoms with E-state index >= 15 is 0 Å². The maximum Gasteiger partial charge on any atom is 0.243 e. The molecule has 0 bridgehead atoms. The van der Waals surface area contributed by atoms with Gasteiger partial charge in [0, 0.05) is 31.7 Å². The van der Waals surface area contributed by atoms with Gasteiger partial charge in [0.2, 0.25) is 15.9 Å². The fraction of sp³-hybridized carbons (Fsp3) is 0.533. The van der Waals surface area contributed by atoms with Crippen LogP contribution in [-0.2, 0) is 19.6 Å². The molecule has 120 valence electrons. The molecule has 2 heterocycles. The molecule has 2 aliphatic heterocycles. The zero-order valence-corrected chi connectivity index (χ0v) is 13.2. The Bertz CT molecular complexity index is 636. The zero-order valence-electron chi connectivity index (χ0n) is 12.4. The number of carbonyl (C=O) groups is 1. The number of benzene rings is 1. The summed E-state index contributed by atoms with van der Waals surface area (Å²) in [5.74, 6) is 0.107. The maximum atomic E-state index is 12.5. The van der Waals surface area contributed by atoms with Gasteiger partial charge in [-0.05, 0) is 37.1 Å². The van der Waals surface area contributed by atoms with Gasteiger partial charge in [-0.1, -0.05) is 0 Å². The van der Waals surface area contributed by atoms with E-state index in [1.165, 1.54) is 4.31 Å². The highest BCUT2D eigenvalue weighted by Gasteiger charge is 2.27. The lowest BCUT2D eigenvalue weighted by Crippen LogP contribution is -2.40. The van der Waals surface area contributed by atoms with Gasteiger partial charge in [0.1, 0.15) is 0 Å². The Morgan fingerprint density at radius 2 is 1.64 bits per heavy atom. The summed E-state index contributed by atoms with van der Waals surface area (Å²) in [5, 5.41) is 0. The van der Waals surface area contributed by atoms with Gasteiger partial charge in [0.05, 0.1) is 18.1 Å². The van der Waals surface area contributed by atoms with Crippen molar-refractivity contribution in [2.24, 2.45) is 0 Å². The monoisotopic (exact) mass is 324 g/mol. The fourth-order valence-corrected chi connectivity index (χ4v) is 4.22. The normalized spacial score (nSPS) is 21.1. The van der Waals surface area contributed by atoms with Crippen LogP contribution >= 0.6 is 0 Å². The number of amides is 1. The van der Waals surface area contributed by atoms with Crippen LogP contribution in [0.15, 0.2) is 29.2 Å². The van der Waals surface area contributed by atoms with E-state index in [0.29, 0.717) is 39.3 Å². The first kappa shape index (κ1) is 15.5. The molecule has 0 saturated carbocycles. The van der Waals surface area contributed by atoms with Gasteiger partial charge in [-0.3, -0.25) is 4.79 Å². The topological polar surface area (TPSA) is 66.9 Å². The van der Waals surface area contributed by atoms with Gasteiger partial charge in [-0.25, -0.2) is 8.42 Å². The van der Waals surface area contributed by atoms with Crippen LogP contribution in [0.3, 0.4) is 0 Å². The SMILES string of the molecule is O=C1CCCCN1c1ccc(S(=O)(=O)N2CCOCC2)cc1. The fourth-order valence-electron chi connectivity index (χ4n) is 2.81. The molecule has 1 aromatic carbocycles. The van der Waals surface area contributed by atoms with Crippen LogP contribution in [0.25, 0.3) is 0 Å². The van der Waals surface area contributed by atoms with Crippen LogP contribution in [0.5, 0.6) is 0 Å². The van der Waals surface area contributed by atoms with Crippen LogP contribution < -0.4 is 4.90 Å². The van der Waals surface area contributed by atoms with Crippen molar-refractivity contribution in [3.63, 3.8) is 0 Å². The number of morpholine rings is 1. The quantitative estimate of drug-likeness (QED) is 0.838. The summed E-state index contributed by atoms with van der Waals surface area (Å²) < 4.78 is 31.7. The van der Waals surface area contributed by atoms with Gasteiger partial charge < -0.3 is 9.64 Å². The molecule has 0 spiro atoms. The molecule has 1 aromatic rings. The van der Waals surface area contributed by atoms with E-state index in [1.54, 1.807) is 29.2 Å². The Morgan fingerprint density at radius 3 is 2.27 bits per heavy atom. The number of nitrogens with zero attached hydrogens (tertiary/aromatic N) is 2. The molecule has 22 heavy (non-hydrogen) atoms. The van der Waals surface area contributed by atoms with Crippen LogP contribution in [0.4, 0.5) is 5.69 Å². The van der Waals surface area contributed by atoms with Gasteiger partial charge in [-0.15, -0.1) is 0 Å². The highest BCUT2D eigenvalue weighted by molar-refractivity contribution is 7.89. The summed E-state index contributed by atoms with van der Waals surface area (Å²) in [6, 6.07) is 6.61. The Balaban J connectivity index is 1.80. The Kier molecular flexibility index (Phi) is 4.46. The third kappa shape index (κ3) is 3.02. The molecule has 2 fully saturated rings. The Morgan fingerprint density at radius 1 is 0.955 bits per heavy atom. The molecule has 0 N–H and O–H groups in total. The minimum atomic E-state index is -3.47. The van der Waals surface area contributed by atoms with E-state index in [-0.39, 0.29) is 10.8 Å². The van der Waals surface area contributed by atoms with Crippen LogP contribution in [0.2, 0.25) is 0 Å². The molecule has 0 atom stereocenters. The van der Waals surface area contributed by atoms with Gasteiger partial charge >= 0.3 is 0 Å². The molecule has 6 nitrogen and oxygen atoms in total. The van der Waals surface area contributed by atoms with Gasteiger partial charge in [-0.2, -0.15) is 4.31 Å². The average molecular weight is 324 g/mol. The molecular weight excluding hydrogens is 304 g/mol. The lowest BCUT2D eigenvalue weighted by atomic mass is 10.1. The van der Waals surface area contributed by atoms with E-state index in [0.717, 1.165) is 18.5 Å². The highest BCUT2D eigenvalue weighted by Crippen LogP contribution is 2.24. The Hall–Kier alpha value is -1.44. The second-order valence-corrected chi connectivity index (χ2v) is 7.45. The number of sulfonamides is 1. The van der Waals surface area contributed by atoms with Crippen LogP contribution in [0.1, 0.15) is 19.3 Å². The predicted octanol–water partition coefficient (Wildman–Crippen LogP) is 1.22. The minimum absolute atomic E-state index is 0.107. The van der Waals surface area contributed by atoms with Crippen LogP contribution in [-0.4, -0.2) is 51.5 Å². The van der Waals surface area contributed by atoms with Gasteiger partial charge in [0.15, 0.2) is 0 Å². The zero-order chi connectivity index (χ0) is 15.6. The summed E-state index contributed by atoms with van der Waals surface area (Å²) in [6.07, 6.45) is 2.48. The molecule has 7 heteroatoms. The molecule has 2 aliphatic rings. The maximum absolute atomic E-state index is 12.5. The van der Waals surface area contributed by atoms with Crippen molar-refractivity contribution in [1.29, 1.82) is 0 Å². The molecular formula is C15H20N2O4S. The molecule has 0 aliphatic carbocycles. The smallest absolute Gasteiger partial charge is 0.243 e. The lowest BCUT2D eigenvalue weighted by Gasteiger charge is -2.28. The molecule has 0 unspecified atom stereocenters. The molecule has 1 amide bonds. The number of hydrogen-bond acceptors (Lipinski definition) is 4. The van der Waals surface area contributed by atoms with Crippen molar-refractivity contribution in [3.05, 3.63) is 24.3 Å². The first-order valence-corrected chi connectivity index (χ1v) is 9.01. The summed E-state index contributed by atoms with van der Waals surface area (Å²) in [4.78, 5) is 13.9. The van der Waals surface area contributed by atoms with Crippen molar-refractivity contribution in [2.75, 3.05) is 37.7 Å². The number of carbonyl (C=O) groups excluding carboxylic acids is 1. The lowest BCUT2D eigenvalue weighted by molar-refractivity contribution is -0.119. The number of ether oxygens (including phenoxy) is 1. The molecule has 3 rings (SSSR count). The standard InChI is InChI=1S/C15H20N2O4S/c18-15-3-1-2-8-17(15)13-4-6-14(7-5-13)22(19,20)16-9-11-21-12-10-16/h4-7H,1-3,8-12H2. The first-order valence-electron chi connectivity index (χ1n) is 7.57. The second-order valence-electron chi connectivity index (χ2n) is 5.51. The minimum Gasteiger partial charge on any atom is -0.379 e. The molecule has 0 radical (unpaired) electrons. The van der Waals surface area contributed by atoms with E-state index < -0.39 is 10.0 Å². The second kappa shape index (κ2) is 6.36. The highest BCUT2D eigenvalue weighted by atomic mass is 32.2. The van der Waals surface area contributed by atoms with E-state index in [9.17, 15) is 13.2 Å². The van der Waals surface area contributed by atoms with Crippen molar-refractivity contribution < 1.29 is 17.9 Å². The third-order valence-corrected chi connectivity index (χ3v) is 5.99. The van der Waals surface area contributed by atoms with Crippen molar-refractivity contribution in [1.82, 2.24) is 4.31 Å². The average Bonchev–Trinajstić information content (AvgIpc) is 2.56. The predicted molar refractivity (Wildman–Crippen MR) is 82.2 cm³/mol. The Labute approximate surface area is 130 Å². The number of hydrogen-bond donors (Lipinski definition) is 0. The van der Waals surface area contributed by atoms with Crippen molar-refractivity contribution in [3.8, 4) is 0 Å². The number of piperidine rings is 1. The number of rotatable bonds is 3. The summed E-state index contributed by atoms with van der Waals surface area (Å²) >= 11 is 0. The first-order chi connectivity index (χ1) is 10.6. The van der Waals surface area contributed by atoms with E-state index in [2.05, 4.69) is 0 Å². The largest absolute Gasteiger partial charge is 0.379 e. The van der Waals surface area contributed by atoms with Crippen molar-refractivity contribution >= 4 is 21.6 Å². The summed E-state index contributed by atoms with van der Waals surface area (Å²) in [6.45, 7) is 2.33. The molecule has 2 saturated heterocycles. The number of anilines is 1. The van der Waals surface area contributed by atoms with Crippen LogP contribution in [0, 0.1) is 0 Å².